The zero-order chi connectivity index (χ0) is 17.7. The second-order valence-electron chi connectivity index (χ2n) is 6.00. The summed E-state index contributed by atoms with van der Waals surface area (Å²) in [5.74, 6) is 0.877. The number of hydrogen-bond acceptors (Lipinski definition) is 4. The van der Waals surface area contributed by atoms with Gasteiger partial charge in [0.2, 0.25) is 4.96 Å². The van der Waals surface area contributed by atoms with Gasteiger partial charge in [-0.05, 0) is 23.8 Å². The lowest BCUT2D eigenvalue weighted by molar-refractivity contribution is 0.837. The van der Waals surface area contributed by atoms with Gasteiger partial charge in [-0.3, -0.25) is 0 Å². The van der Waals surface area contributed by atoms with Crippen molar-refractivity contribution < 1.29 is 0 Å². The van der Waals surface area contributed by atoms with Crippen molar-refractivity contribution >= 4 is 43.1 Å². The maximum absolute atomic E-state index is 4.78. The van der Waals surface area contributed by atoms with Crippen LogP contribution in [0, 0.1) is 0 Å². The lowest BCUT2D eigenvalue weighted by Gasteiger charge is -2.03. The van der Waals surface area contributed by atoms with Crippen LogP contribution in [-0.4, -0.2) is 24.8 Å². The average Bonchev–Trinajstić information content (AvgIpc) is 3.33. The molecule has 3 aromatic heterocycles. The summed E-state index contributed by atoms with van der Waals surface area (Å²) in [5, 5.41) is 15.3. The first kappa shape index (κ1) is 15.7. The van der Waals surface area contributed by atoms with E-state index in [9.17, 15) is 0 Å². The highest BCUT2D eigenvalue weighted by molar-refractivity contribution is 9.10. The molecule has 3 heterocycles. The zero-order valence-corrected chi connectivity index (χ0v) is 16.3. The Balaban J connectivity index is 1.82. The first-order chi connectivity index (χ1) is 12.7. The fraction of sp³-hybridized carbons (Fsp3) is 0.105. The number of aromatic amines is 1. The number of aromatic nitrogens is 5. The number of benzene rings is 2. The van der Waals surface area contributed by atoms with Crippen molar-refractivity contribution in [2.75, 3.05) is 0 Å². The summed E-state index contributed by atoms with van der Waals surface area (Å²) < 4.78 is 2.90. The Hall–Kier alpha value is -2.51. The summed E-state index contributed by atoms with van der Waals surface area (Å²) >= 11 is 5.15. The van der Waals surface area contributed by atoms with Crippen LogP contribution in [0.2, 0.25) is 0 Å². The topological polar surface area (TPSA) is 58.9 Å². The number of rotatable bonds is 3. The Kier molecular flexibility index (Phi) is 3.65. The SMILES string of the molecule is CCc1nnc2sc(-c3[nH]c4ccc(Br)cc4c3-c3ccccc3)nn12. The molecule has 2 aromatic carbocycles. The predicted octanol–water partition coefficient (Wildman–Crippen LogP) is 5.33. The molecule has 0 radical (unpaired) electrons. The smallest absolute Gasteiger partial charge is 0.235 e. The van der Waals surface area contributed by atoms with Gasteiger partial charge < -0.3 is 4.98 Å². The van der Waals surface area contributed by atoms with E-state index in [1.54, 1.807) is 11.3 Å². The highest BCUT2D eigenvalue weighted by atomic mass is 79.9. The molecule has 0 bridgehead atoms. The minimum atomic E-state index is 0.801. The minimum absolute atomic E-state index is 0.801. The molecule has 0 unspecified atom stereocenters. The van der Waals surface area contributed by atoms with Crippen LogP contribution in [0.1, 0.15) is 12.7 Å². The van der Waals surface area contributed by atoms with Gasteiger partial charge in [0.15, 0.2) is 10.8 Å². The second-order valence-corrected chi connectivity index (χ2v) is 7.87. The van der Waals surface area contributed by atoms with Crippen LogP contribution in [-0.2, 0) is 6.42 Å². The molecule has 26 heavy (non-hydrogen) atoms. The van der Waals surface area contributed by atoms with Crippen LogP contribution < -0.4 is 0 Å². The Morgan fingerprint density at radius 1 is 1.12 bits per heavy atom. The molecule has 5 aromatic rings. The lowest BCUT2D eigenvalue weighted by Crippen LogP contribution is -1.93. The van der Waals surface area contributed by atoms with Crippen molar-refractivity contribution in [2.24, 2.45) is 0 Å². The van der Waals surface area contributed by atoms with E-state index in [2.05, 4.69) is 74.4 Å². The lowest BCUT2D eigenvalue weighted by atomic mass is 10.0. The van der Waals surface area contributed by atoms with E-state index in [1.165, 1.54) is 5.39 Å². The van der Waals surface area contributed by atoms with Crippen LogP contribution in [0.3, 0.4) is 0 Å². The largest absolute Gasteiger partial charge is 0.352 e. The molecule has 0 atom stereocenters. The first-order valence-corrected chi connectivity index (χ1v) is 9.93. The third-order valence-corrected chi connectivity index (χ3v) is 5.82. The molecular formula is C19H14BrN5S. The van der Waals surface area contributed by atoms with Gasteiger partial charge in [0.05, 0.1) is 5.69 Å². The van der Waals surface area contributed by atoms with Gasteiger partial charge in [0.25, 0.3) is 0 Å². The number of halogens is 1. The summed E-state index contributed by atoms with van der Waals surface area (Å²) in [6.07, 6.45) is 0.801. The van der Waals surface area contributed by atoms with E-state index in [0.29, 0.717) is 0 Å². The Morgan fingerprint density at radius 3 is 2.77 bits per heavy atom. The molecule has 1 N–H and O–H groups in total. The highest BCUT2D eigenvalue weighted by Crippen LogP contribution is 2.40. The molecule has 5 nitrogen and oxygen atoms in total. The fourth-order valence-electron chi connectivity index (χ4n) is 3.21. The summed E-state index contributed by atoms with van der Waals surface area (Å²) in [5.41, 5.74) is 4.42. The molecule has 0 aliphatic rings. The number of nitrogens with zero attached hydrogens (tertiary/aromatic N) is 4. The van der Waals surface area contributed by atoms with Crippen LogP contribution in [0.15, 0.2) is 53.0 Å². The van der Waals surface area contributed by atoms with Gasteiger partial charge in [0.1, 0.15) is 0 Å². The van der Waals surface area contributed by atoms with Crippen LogP contribution in [0.4, 0.5) is 0 Å². The number of aryl methyl sites for hydroxylation is 1. The van der Waals surface area contributed by atoms with E-state index in [-0.39, 0.29) is 0 Å². The van der Waals surface area contributed by atoms with Gasteiger partial charge >= 0.3 is 0 Å². The van der Waals surface area contributed by atoms with E-state index in [0.717, 1.165) is 49.0 Å². The van der Waals surface area contributed by atoms with Crippen molar-refractivity contribution in [1.82, 2.24) is 24.8 Å². The Bertz CT molecular complexity index is 1240. The maximum atomic E-state index is 4.78. The summed E-state index contributed by atoms with van der Waals surface area (Å²) in [6, 6.07) is 16.7. The van der Waals surface area contributed by atoms with Gasteiger partial charge in [0, 0.05) is 27.4 Å². The molecule has 7 heteroatoms. The van der Waals surface area contributed by atoms with Crippen LogP contribution in [0.5, 0.6) is 0 Å². The third-order valence-electron chi connectivity index (χ3n) is 4.41. The number of fused-ring (bicyclic) bond motifs is 2. The first-order valence-electron chi connectivity index (χ1n) is 8.32. The normalized spacial score (nSPS) is 11.6. The van der Waals surface area contributed by atoms with E-state index in [1.807, 2.05) is 16.6 Å². The number of hydrogen-bond donors (Lipinski definition) is 1. The Morgan fingerprint density at radius 2 is 1.96 bits per heavy atom. The number of nitrogens with one attached hydrogen (secondary N) is 1. The van der Waals surface area contributed by atoms with E-state index >= 15 is 0 Å². The van der Waals surface area contributed by atoms with Crippen molar-refractivity contribution in [2.45, 2.75) is 13.3 Å². The summed E-state index contributed by atoms with van der Waals surface area (Å²) in [4.78, 5) is 4.38. The molecule has 0 saturated carbocycles. The molecular weight excluding hydrogens is 410 g/mol. The molecule has 0 amide bonds. The van der Waals surface area contributed by atoms with Crippen LogP contribution in [0.25, 0.3) is 37.7 Å². The van der Waals surface area contributed by atoms with Gasteiger partial charge in [-0.25, -0.2) is 0 Å². The molecule has 0 fully saturated rings. The quantitative estimate of drug-likeness (QED) is 0.426. The standard InChI is InChI=1S/C19H14BrN5S/c1-2-15-22-23-19-25(15)24-18(26-19)17-16(11-6-4-3-5-7-11)13-10-12(20)8-9-14(13)21-17/h3-10,21H,2H2,1H3. The van der Waals surface area contributed by atoms with Crippen molar-refractivity contribution in [3.05, 3.63) is 58.8 Å². The fourth-order valence-corrected chi connectivity index (χ4v) is 4.43. The molecule has 0 aliphatic heterocycles. The molecule has 5 rings (SSSR count). The summed E-state index contributed by atoms with van der Waals surface area (Å²) in [7, 11) is 0. The number of H-pyrrole nitrogens is 1. The van der Waals surface area contributed by atoms with Gasteiger partial charge in [-0.2, -0.15) is 9.61 Å². The monoisotopic (exact) mass is 423 g/mol. The van der Waals surface area contributed by atoms with Crippen LogP contribution >= 0.6 is 27.3 Å². The maximum Gasteiger partial charge on any atom is 0.235 e. The average molecular weight is 424 g/mol. The molecule has 128 valence electrons. The molecule has 0 saturated heterocycles. The zero-order valence-electron chi connectivity index (χ0n) is 13.9. The molecule has 0 aliphatic carbocycles. The van der Waals surface area contributed by atoms with E-state index < -0.39 is 0 Å². The summed E-state index contributed by atoms with van der Waals surface area (Å²) in [6.45, 7) is 2.06. The van der Waals surface area contributed by atoms with Gasteiger partial charge in [-0.15, -0.1) is 10.2 Å². The van der Waals surface area contributed by atoms with Gasteiger partial charge in [-0.1, -0.05) is 64.5 Å². The Labute approximate surface area is 161 Å². The highest BCUT2D eigenvalue weighted by Gasteiger charge is 2.20. The second kappa shape index (κ2) is 6.03. The molecule has 0 spiro atoms. The van der Waals surface area contributed by atoms with Crippen molar-refractivity contribution in [3.8, 4) is 21.8 Å². The minimum Gasteiger partial charge on any atom is -0.352 e. The van der Waals surface area contributed by atoms with Crippen molar-refractivity contribution in [3.63, 3.8) is 0 Å². The van der Waals surface area contributed by atoms with E-state index in [4.69, 9.17) is 5.10 Å². The van der Waals surface area contributed by atoms with Crippen molar-refractivity contribution in [1.29, 1.82) is 0 Å². The third kappa shape index (κ3) is 2.39. The predicted molar refractivity (Wildman–Crippen MR) is 108 cm³/mol.